The van der Waals surface area contributed by atoms with Gasteiger partial charge in [-0.1, -0.05) is 55.8 Å². The number of unbranched alkanes of at least 4 members (excludes halogenated alkanes) is 1. The smallest absolute Gasteiger partial charge is 0.273 e. The number of carbonyl (C=O) groups is 1. The number of nitrogens with zero attached hydrogens (tertiary/aromatic N) is 2. The summed E-state index contributed by atoms with van der Waals surface area (Å²) in [5.41, 5.74) is 1.81. The molecule has 0 fully saturated rings. The molecule has 0 atom stereocenters. The molecule has 0 aliphatic rings. The zero-order valence-electron chi connectivity index (χ0n) is 17.8. The summed E-state index contributed by atoms with van der Waals surface area (Å²) in [6.07, 6.45) is 3.23. The minimum absolute atomic E-state index is 0.113. The Bertz CT molecular complexity index is 1030. The van der Waals surface area contributed by atoms with Crippen LogP contribution in [0.3, 0.4) is 0 Å². The van der Waals surface area contributed by atoms with Gasteiger partial charge in [0, 0.05) is 24.9 Å². The summed E-state index contributed by atoms with van der Waals surface area (Å²) in [4.78, 5) is 27.2. The van der Waals surface area contributed by atoms with Gasteiger partial charge in [0.2, 0.25) is 5.91 Å². The average molecular weight is 421 g/mol. The normalized spacial score (nSPS) is 10.6. The summed E-state index contributed by atoms with van der Waals surface area (Å²) in [5, 5.41) is 11.1. The van der Waals surface area contributed by atoms with Crippen LogP contribution in [0.15, 0.2) is 59.4 Å². The van der Waals surface area contributed by atoms with Crippen molar-refractivity contribution in [3.63, 3.8) is 0 Å². The molecule has 2 N–H and O–H groups in total. The molecule has 7 nitrogen and oxygen atoms in total. The fourth-order valence-electron chi connectivity index (χ4n) is 3.03. The van der Waals surface area contributed by atoms with Crippen molar-refractivity contribution in [2.45, 2.75) is 39.0 Å². The van der Waals surface area contributed by atoms with Crippen LogP contribution in [0.1, 0.15) is 37.4 Å². The van der Waals surface area contributed by atoms with Crippen LogP contribution in [0, 0.1) is 0 Å². The number of benzene rings is 2. The van der Waals surface area contributed by atoms with Crippen molar-refractivity contribution in [1.82, 2.24) is 20.5 Å². The van der Waals surface area contributed by atoms with E-state index in [4.69, 9.17) is 4.74 Å². The molecule has 0 radical (unpaired) electrons. The number of ether oxygens (including phenoxy) is 1. The van der Waals surface area contributed by atoms with Gasteiger partial charge in [-0.25, -0.2) is 0 Å². The minimum atomic E-state index is -0.334. The van der Waals surface area contributed by atoms with E-state index < -0.39 is 0 Å². The van der Waals surface area contributed by atoms with Crippen LogP contribution in [0.2, 0.25) is 0 Å². The second-order valence-electron chi connectivity index (χ2n) is 7.26. The number of aryl methyl sites for hydroxylation is 1. The van der Waals surface area contributed by atoms with E-state index >= 15 is 0 Å². The molecule has 0 unspecified atom stereocenters. The SMILES string of the molecule is CCCCOc1cccc(-c2nnc(CCC(=O)NCCc3ccccc3)c(=O)[nH]2)c1. The van der Waals surface area contributed by atoms with Crippen LogP contribution in [0.5, 0.6) is 5.75 Å². The predicted molar refractivity (Wildman–Crippen MR) is 120 cm³/mol. The van der Waals surface area contributed by atoms with Crippen LogP contribution in [-0.2, 0) is 17.6 Å². The maximum atomic E-state index is 12.4. The molecule has 7 heteroatoms. The first-order chi connectivity index (χ1) is 15.2. The predicted octanol–water partition coefficient (Wildman–Crippen LogP) is 3.30. The van der Waals surface area contributed by atoms with Crippen LogP contribution in [0.4, 0.5) is 0 Å². The molecular formula is C24H28N4O3. The molecule has 0 bridgehead atoms. The molecule has 1 aromatic heterocycles. The van der Waals surface area contributed by atoms with Crippen LogP contribution in [-0.4, -0.2) is 34.2 Å². The Morgan fingerprint density at radius 2 is 1.90 bits per heavy atom. The lowest BCUT2D eigenvalue weighted by molar-refractivity contribution is -0.121. The monoisotopic (exact) mass is 420 g/mol. The van der Waals surface area contributed by atoms with Crippen molar-refractivity contribution in [3.8, 4) is 17.1 Å². The van der Waals surface area contributed by atoms with E-state index in [1.54, 1.807) is 0 Å². The van der Waals surface area contributed by atoms with Gasteiger partial charge in [0.25, 0.3) is 5.56 Å². The first kappa shape index (κ1) is 22.2. The summed E-state index contributed by atoms with van der Waals surface area (Å²) in [6, 6.07) is 17.3. The minimum Gasteiger partial charge on any atom is -0.494 e. The number of rotatable bonds is 11. The topological polar surface area (TPSA) is 97.0 Å². The Balaban J connectivity index is 1.52. The van der Waals surface area contributed by atoms with E-state index in [9.17, 15) is 9.59 Å². The van der Waals surface area contributed by atoms with E-state index in [1.807, 2.05) is 54.6 Å². The Labute approximate surface area is 181 Å². The zero-order valence-corrected chi connectivity index (χ0v) is 17.8. The van der Waals surface area contributed by atoms with Crippen LogP contribution < -0.4 is 15.6 Å². The van der Waals surface area contributed by atoms with Crippen molar-refractivity contribution < 1.29 is 9.53 Å². The molecule has 0 saturated carbocycles. The van der Waals surface area contributed by atoms with Gasteiger partial charge in [-0.15, -0.1) is 10.2 Å². The van der Waals surface area contributed by atoms with Crippen LogP contribution in [0.25, 0.3) is 11.4 Å². The molecule has 31 heavy (non-hydrogen) atoms. The zero-order chi connectivity index (χ0) is 21.9. The summed E-state index contributed by atoms with van der Waals surface area (Å²) in [5.74, 6) is 0.991. The highest BCUT2D eigenvalue weighted by Gasteiger charge is 2.10. The molecular weight excluding hydrogens is 392 g/mol. The Morgan fingerprint density at radius 1 is 1.06 bits per heavy atom. The molecule has 1 heterocycles. The lowest BCUT2D eigenvalue weighted by Gasteiger charge is -2.07. The fourth-order valence-corrected chi connectivity index (χ4v) is 3.03. The Kier molecular flexibility index (Phi) is 8.34. The summed E-state index contributed by atoms with van der Waals surface area (Å²) in [6.45, 7) is 3.31. The number of hydrogen-bond acceptors (Lipinski definition) is 5. The molecule has 1 amide bonds. The number of H-pyrrole nitrogens is 1. The average Bonchev–Trinajstić information content (AvgIpc) is 2.79. The Hall–Kier alpha value is -3.48. The van der Waals surface area contributed by atoms with Gasteiger partial charge in [0.15, 0.2) is 5.82 Å². The lowest BCUT2D eigenvalue weighted by atomic mass is 10.1. The van der Waals surface area contributed by atoms with Gasteiger partial charge >= 0.3 is 0 Å². The molecule has 2 aromatic carbocycles. The van der Waals surface area contributed by atoms with E-state index in [1.165, 1.54) is 5.56 Å². The van der Waals surface area contributed by atoms with E-state index in [-0.39, 0.29) is 30.0 Å². The van der Waals surface area contributed by atoms with Gasteiger partial charge in [-0.3, -0.25) is 9.59 Å². The third-order valence-electron chi connectivity index (χ3n) is 4.81. The molecule has 0 aliphatic heterocycles. The highest BCUT2D eigenvalue weighted by molar-refractivity contribution is 5.76. The van der Waals surface area contributed by atoms with Gasteiger partial charge in [0.1, 0.15) is 11.4 Å². The number of nitrogens with one attached hydrogen (secondary N) is 2. The second-order valence-corrected chi connectivity index (χ2v) is 7.26. The van der Waals surface area contributed by atoms with E-state index in [0.717, 1.165) is 30.6 Å². The summed E-state index contributed by atoms with van der Waals surface area (Å²) >= 11 is 0. The van der Waals surface area contributed by atoms with Crippen molar-refractivity contribution >= 4 is 5.91 Å². The first-order valence-corrected chi connectivity index (χ1v) is 10.7. The van der Waals surface area contributed by atoms with E-state index in [0.29, 0.717) is 19.0 Å². The quantitative estimate of drug-likeness (QED) is 0.464. The molecule has 0 aliphatic carbocycles. The number of aromatic nitrogens is 3. The highest BCUT2D eigenvalue weighted by Crippen LogP contribution is 2.20. The van der Waals surface area contributed by atoms with E-state index in [2.05, 4.69) is 27.4 Å². The summed E-state index contributed by atoms with van der Waals surface area (Å²) < 4.78 is 5.70. The van der Waals surface area contributed by atoms with Crippen molar-refractivity contribution in [1.29, 1.82) is 0 Å². The molecule has 0 spiro atoms. The van der Waals surface area contributed by atoms with Gasteiger partial charge in [-0.05, 0) is 30.5 Å². The molecule has 3 rings (SSSR count). The Morgan fingerprint density at radius 3 is 2.68 bits per heavy atom. The van der Waals surface area contributed by atoms with Crippen molar-refractivity contribution in [2.75, 3.05) is 13.2 Å². The molecule has 162 valence electrons. The largest absolute Gasteiger partial charge is 0.494 e. The van der Waals surface area contributed by atoms with Gasteiger partial charge < -0.3 is 15.0 Å². The molecule has 3 aromatic rings. The van der Waals surface area contributed by atoms with Gasteiger partial charge in [-0.2, -0.15) is 0 Å². The van der Waals surface area contributed by atoms with Crippen molar-refractivity contribution in [2.24, 2.45) is 0 Å². The first-order valence-electron chi connectivity index (χ1n) is 10.7. The third kappa shape index (κ3) is 7.06. The number of aromatic amines is 1. The van der Waals surface area contributed by atoms with Crippen LogP contribution >= 0.6 is 0 Å². The second kappa shape index (κ2) is 11.6. The maximum absolute atomic E-state index is 12.4. The highest BCUT2D eigenvalue weighted by atomic mass is 16.5. The number of amides is 1. The van der Waals surface area contributed by atoms with Crippen molar-refractivity contribution in [3.05, 3.63) is 76.2 Å². The number of hydrogen-bond donors (Lipinski definition) is 2. The standard InChI is InChI=1S/C24H28N4O3/c1-2-3-16-31-20-11-7-10-19(17-20)23-26-24(30)21(27-28-23)12-13-22(29)25-15-14-18-8-5-4-6-9-18/h4-11,17H,2-3,12-16H2,1H3,(H,25,29)(H,26,28,30). The van der Waals surface area contributed by atoms with Gasteiger partial charge in [0.05, 0.1) is 6.61 Å². The number of carbonyl (C=O) groups excluding carboxylic acids is 1. The third-order valence-corrected chi connectivity index (χ3v) is 4.81. The summed E-state index contributed by atoms with van der Waals surface area (Å²) in [7, 11) is 0. The maximum Gasteiger partial charge on any atom is 0.273 e. The fraction of sp³-hybridized carbons (Fsp3) is 0.333. The lowest BCUT2D eigenvalue weighted by Crippen LogP contribution is -2.27. The molecule has 0 saturated heterocycles.